The largest absolute Gasteiger partial charge is 0.489 e. The molecule has 1 heterocycles. The van der Waals surface area contributed by atoms with E-state index in [1.807, 2.05) is 38.1 Å². The van der Waals surface area contributed by atoms with Gasteiger partial charge in [-0.3, -0.25) is 4.98 Å². The monoisotopic (exact) mass is 447 g/mol. The lowest BCUT2D eigenvalue weighted by Crippen LogP contribution is -2.07. The van der Waals surface area contributed by atoms with Crippen molar-refractivity contribution >= 4 is 38.5 Å². The lowest BCUT2D eigenvalue weighted by molar-refractivity contribution is 0.215. The summed E-state index contributed by atoms with van der Waals surface area (Å²) in [5, 5.41) is 10.5. The molecule has 1 N–H and O–H groups in total. The molecule has 2 aromatic rings. The van der Waals surface area contributed by atoms with Gasteiger partial charge in [0.25, 0.3) is 0 Å². The third-order valence-corrected chi connectivity index (χ3v) is 4.15. The summed E-state index contributed by atoms with van der Waals surface area (Å²) in [4.78, 5) is 4.14. The van der Waals surface area contributed by atoms with E-state index in [9.17, 15) is 5.11 Å². The minimum Gasteiger partial charge on any atom is -0.489 e. The smallest absolute Gasteiger partial charge is 0.138 e. The molecule has 1 atom stereocenters. The predicted octanol–water partition coefficient (Wildman–Crippen LogP) is 4.32. The number of hydrogen-bond donors (Lipinski definition) is 1. The summed E-state index contributed by atoms with van der Waals surface area (Å²) < 4.78 is 7.56. The second kappa shape index (κ2) is 6.87. The van der Waals surface area contributed by atoms with E-state index in [2.05, 4.69) is 43.5 Å². The van der Waals surface area contributed by atoms with Gasteiger partial charge < -0.3 is 9.84 Å². The Hall–Kier alpha value is -0.660. The highest BCUT2D eigenvalue weighted by molar-refractivity contribution is 14.1. The van der Waals surface area contributed by atoms with Crippen molar-refractivity contribution in [2.45, 2.75) is 26.1 Å². The SMILES string of the molecule is CC(C)Oc1cncc(C(O)c2cc(Br)ccc2I)c1. The summed E-state index contributed by atoms with van der Waals surface area (Å²) >= 11 is 5.64. The van der Waals surface area contributed by atoms with E-state index in [0.29, 0.717) is 5.75 Å². The summed E-state index contributed by atoms with van der Waals surface area (Å²) in [6, 6.07) is 7.66. The number of rotatable bonds is 4. The van der Waals surface area contributed by atoms with Crippen LogP contribution < -0.4 is 4.74 Å². The zero-order valence-electron chi connectivity index (χ0n) is 11.2. The molecule has 1 unspecified atom stereocenters. The van der Waals surface area contributed by atoms with Crippen molar-refractivity contribution in [3.05, 3.63) is 55.8 Å². The van der Waals surface area contributed by atoms with Crippen LogP contribution in [0.25, 0.3) is 0 Å². The molecule has 1 aromatic carbocycles. The Morgan fingerprint density at radius 2 is 2.00 bits per heavy atom. The van der Waals surface area contributed by atoms with Crippen LogP contribution in [0.2, 0.25) is 0 Å². The molecule has 20 heavy (non-hydrogen) atoms. The molecule has 0 spiro atoms. The first-order valence-corrected chi connectivity index (χ1v) is 8.09. The fourth-order valence-electron chi connectivity index (χ4n) is 1.83. The van der Waals surface area contributed by atoms with Gasteiger partial charge >= 0.3 is 0 Å². The molecule has 1 aromatic heterocycles. The van der Waals surface area contributed by atoms with Gasteiger partial charge in [0.15, 0.2) is 0 Å². The zero-order chi connectivity index (χ0) is 14.7. The van der Waals surface area contributed by atoms with E-state index in [4.69, 9.17) is 4.74 Å². The molecule has 106 valence electrons. The van der Waals surface area contributed by atoms with E-state index >= 15 is 0 Å². The number of aromatic nitrogens is 1. The maximum atomic E-state index is 10.5. The van der Waals surface area contributed by atoms with Crippen LogP contribution in [-0.2, 0) is 0 Å². The second-order valence-electron chi connectivity index (χ2n) is 4.69. The molecule has 0 saturated carbocycles. The number of hydrogen-bond acceptors (Lipinski definition) is 3. The Kier molecular flexibility index (Phi) is 5.40. The number of halogens is 2. The number of benzene rings is 1. The van der Waals surface area contributed by atoms with Gasteiger partial charge in [-0.25, -0.2) is 0 Å². The third kappa shape index (κ3) is 3.93. The summed E-state index contributed by atoms with van der Waals surface area (Å²) in [7, 11) is 0. The molecule has 0 fully saturated rings. The highest BCUT2D eigenvalue weighted by atomic mass is 127. The fourth-order valence-corrected chi connectivity index (χ4v) is 2.83. The minimum atomic E-state index is -0.720. The number of ether oxygens (including phenoxy) is 1. The summed E-state index contributed by atoms with van der Waals surface area (Å²) in [5.41, 5.74) is 1.57. The van der Waals surface area contributed by atoms with Crippen LogP contribution >= 0.6 is 38.5 Å². The molecule has 5 heteroatoms. The van der Waals surface area contributed by atoms with Crippen molar-refractivity contribution < 1.29 is 9.84 Å². The van der Waals surface area contributed by atoms with E-state index in [1.165, 1.54) is 0 Å². The Bertz CT molecular complexity index is 604. The van der Waals surface area contributed by atoms with E-state index in [1.54, 1.807) is 12.4 Å². The predicted molar refractivity (Wildman–Crippen MR) is 90.9 cm³/mol. The second-order valence-corrected chi connectivity index (χ2v) is 6.77. The van der Waals surface area contributed by atoms with Crippen LogP contribution in [0.4, 0.5) is 0 Å². The van der Waals surface area contributed by atoms with Crippen LogP contribution in [-0.4, -0.2) is 16.2 Å². The fraction of sp³-hybridized carbons (Fsp3) is 0.267. The number of nitrogens with zero attached hydrogens (tertiary/aromatic N) is 1. The zero-order valence-corrected chi connectivity index (χ0v) is 14.9. The summed E-state index contributed by atoms with van der Waals surface area (Å²) in [6.07, 6.45) is 2.68. The quantitative estimate of drug-likeness (QED) is 0.710. The van der Waals surface area contributed by atoms with Crippen molar-refractivity contribution in [2.24, 2.45) is 0 Å². The van der Waals surface area contributed by atoms with Gasteiger partial charge in [0, 0.05) is 19.8 Å². The molecular formula is C15H15BrINO2. The lowest BCUT2D eigenvalue weighted by Gasteiger charge is -2.15. The van der Waals surface area contributed by atoms with Gasteiger partial charge in [-0.15, -0.1) is 0 Å². The van der Waals surface area contributed by atoms with Gasteiger partial charge in [0.05, 0.1) is 12.3 Å². The Morgan fingerprint density at radius 1 is 1.25 bits per heavy atom. The highest BCUT2D eigenvalue weighted by Gasteiger charge is 2.15. The molecule has 0 amide bonds. The number of pyridine rings is 1. The first-order valence-electron chi connectivity index (χ1n) is 6.22. The van der Waals surface area contributed by atoms with Crippen LogP contribution in [0.15, 0.2) is 41.1 Å². The standard InChI is InChI=1S/C15H15BrINO2/c1-9(2)20-12-5-10(7-18-8-12)15(19)13-6-11(16)3-4-14(13)17/h3-9,15,19H,1-2H3. The minimum absolute atomic E-state index is 0.0789. The Morgan fingerprint density at radius 3 is 2.70 bits per heavy atom. The van der Waals surface area contributed by atoms with Crippen LogP contribution in [0, 0.1) is 3.57 Å². The highest BCUT2D eigenvalue weighted by Crippen LogP contribution is 2.29. The number of aliphatic hydroxyl groups excluding tert-OH is 1. The lowest BCUT2D eigenvalue weighted by atomic mass is 10.0. The molecule has 0 saturated heterocycles. The first kappa shape index (κ1) is 15.7. The van der Waals surface area contributed by atoms with Gasteiger partial charge in [-0.05, 0) is 66.3 Å². The van der Waals surface area contributed by atoms with Crippen molar-refractivity contribution in [1.29, 1.82) is 0 Å². The van der Waals surface area contributed by atoms with E-state index < -0.39 is 6.10 Å². The molecule has 0 aliphatic heterocycles. The van der Waals surface area contributed by atoms with Crippen LogP contribution in [0.5, 0.6) is 5.75 Å². The van der Waals surface area contributed by atoms with Gasteiger partial charge in [-0.1, -0.05) is 15.9 Å². The van der Waals surface area contributed by atoms with Crippen molar-refractivity contribution in [1.82, 2.24) is 4.98 Å². The summed E-state index contributed by atoms with van der Waals surface area (Å²) in [6.45, 7) is 3.92. The van der Waals surface area contributed by atoms with Crippen molar-refractivity contribution in [3.63, 3.8) is 0 Å². The van der Waals surface area contributed by atoms with Gasteiger partial charge in [0.2, 0.25) is 0 Å². The van der Waals surface area contributed by atoms with Crippen LogP contribution in [0.3, 0.4) is 0 Å². The summed E-state index contributed by atoms with van der Waals surface area (Å²) in [5.74, 6) is 0.668. The molecule has 0 bridgehead atoms. The van der Waals surface area contributed by atoms with Crippen LogP contribution in [0.1, 0.15) is 31.1 Å². The molecule has 0 aliphatic rings. The normalized spacial score (nSPS) is 12.5. The van der Waals surface area contributed by atoms with Gasteiger partial charge in [-0.2, -0.15) is 0 Å². The van der Waals surface area contributed by atoms with E-state index in [-0.39, 0.29) is 6.10 Å². The van der Waals surface area contributed by atoms with Gasteiger partial charge in [0.1, 0.15) is 11.9 Å². The molecule has 3 nitrogen and oxygen atoms in total. The first-order chi connectivity index (χ1) is 9.47. The average molecular weight is 448 g/mol. The van der Waals surface area contributed by atoms with Crippen molar-refractivity contribution in [3.8, 4) is 5.75 Å². The number of aliphatic hydroxyl groups is 1. The topological polar surface area (TPSA) is 42.4 Å². The van der Waals surface area contributed by atoms with Crippen molar-refractivity contribution in [2.75, 3.05) is 0 Å². The Labute approximate surface area is 140 Å². The average Bonchev–Trinajstić information content (AvgIpc) is 2.40. The molecule has 0 radical (unpaired) electrons. The molecular weight excluding hydrogens is 433 g/mol. The van der Waals surface area contributed by atoms with E-state index in [0.717, 1.165) is 19.2 Å². The third-order valence-electron chi connectivity index (χ3n) is 2.67. The maximum Gasteiger partial charge on any atom is 0.138 e. The molecule has 0 aliphatic carbocycles. The maximum absolute atomic E-state index is 10.5. The molecule has 2 rings (SSSR count). The Balaban J connectivity index is 2.33.